The van der Waals surface area contributed by atoms with E-state index in [1.165, 1.54) is 10.9 Å². The van der Waals surface area contributed by atoms with Crippen LogP contribution in [0.5, 0.6) is 11.5 Å². The Morgan fingerprint density at radius 3 is 3.00 bits per heavy atom. The molecule has 0 amide bonds. The van der Waals surface area contributed by atoms with Crippen LogP contribution in [0.2, 0.25) is 0 Å². The number of rotatable bonds is 4. The molecule has 5 heteroatoms. The first-order chi connectivity index (χ1) is 7.81. The molecule has 0 bridgehead atoms. The van der Waals surface area contributed by atoms with Gasteiger partial charge in [-0.25, -0.2) is 4.68 Å². The number of nitrogens with zero attached hydrogens (tertiary/aromatic N) is 2. The summed E-state index contributed by atoms with van der Waals surface area (Å²) in [4.78, 5) is 10.1. The van der Waals surface area contributed by atoms with E-state index in [1.807, 2.05) is 0 Å². The maximum Gasteiger partial charge on any atom is 0.158 e. The molecule has 0 aliphatic heterocycles. The fraction of sp³-hybridized carbons (Fsp3) is 0.0909. The Bertz CT molecular complexity index is 493. The van der Waals surface area contributed by atoms with Crippen molar-refractivity contribution in [2.75, 3.05) is 6.61 Å². The van der Waals surface area contributed by atoms with Crippen molar-refractivity contribution in [3.63, 3.8) is 0 Å². The van der Waals surface area contributed by atoms with E-state index in [-0.39, 0.29) is 12.4 Å². The number of aldehydes is 1. The topological polar surface area (TPSA) is 64.3 Å². The van der Waals surface area contributed by atoms with Gasteiger partial charge in [0.05, 0.1) is 12.4 Å². The summed E-state index contributed by atoms with van der Waals surface area (Å²) < 4.78 is 6.55. The second kappa shape index (κ2) is 4.48. The SMILES string of the molecule is O=CCOc1cnn(-c2ccccc2O)c1. The van der Waals surface area contributed by atoms with E-state index in [9.17, 15) is 9.90 Å². The quantitative estimate of drug-likeness (QED) is 0.782. The normalized spacial score (nSPS) is 10.0. The number of ether oxygens (including phenoxy) is 1. The first kappa shape index (κ1) is 10.2. The average Bonchev–Trinajstić information content (AvgIpc) is 2.75. The van der Waals surface area contributed by atoms with Crippen LogP contribution in [0.15, 0.2) is 36.7 Å². The molecule has 1 N–H and O–H groups in total. The molecule has 0 spiro atoms. The van der Waals surface area contributed by atoms with Crippen LogP contribution in [-0.4, -0.2) is 27.8 Å². The average molecular weight is 218 g/mol. The number of carbonyl (C=O) groups excluding carboxylic acids is 1. The van der Waals surface area contributed by atoms with Crippen molar-refractivity contribution in [3.8, 4) is 17.2 Å². The first-order valence-corrected chi connectivity index (χ1v) is 4.71. The molecular weight excluding hydrogens is 208 g/mol. The monoisotopic (exact) mass is 218 g/mol. The lowest BCUT2D eigenvalue weighted by Gasteiger charge is -2.02. The van der Waals surface area contributed by atoms with E-state index >= 15 is 0 Å². The molecule has 2 aromatic rings. The van der Waals surface area contributed by atoms with Gasteiger partial charge < -0.3 is 9.84 Å². The Balaban J connectivity index is 2.25. The van der Waals surface area contributed by atoms with Crippen LogP contribution in [0.1, 0.15) is 0 Å². The van der Waals surface area contributed by atoms with Crippen molar-refractivity contribution >= 4 is 6.29 Å². The maximum atomic E-state index is 10.1. The van der Waals surface area contributed by atoms with E-state index in [1.54, 1.807) is 30.5 Å². The number of phenolic OH excluding ortho intramolecular Hbond substituents is 1. The van der Waals surface area contributed by atoms with Gasteiger partial charge in [0.2, 0.25) is 0 Å². The first-order valence-electron chi connectivity index (χ1n) is 4.71. The van der Waals surface area contributed by atoms with Crippen LogP contribution in [0, 0.1) is 0 Å². The van der Waals surface area contributed by atoms with Crippen molar-refractivity contribution in [3.05, 3.63) is 36.7 Å². The van der Waals surface area contributed by atoms with E-state index < -0.39 is 0 Å². The Morgan fingerprint density at radius 2 is 2.25 bits per heavy atom. The zero-order valence-corrected chi connectivity index (χ0v) is 8.41. The minimum atomic E-state index is -0.00748. The molecule has 1 aromatic heterocycles. The number of hydrogen-bond acceptors (Lipinski definition) is 4. The van der Waals surface area contributed by atoms with Crippen LogP contribution in [0.3, 0.4) is 0 Å². The minimum absolute atomic E-state index is 0.00748. The highest BCUT2D eigenvalue weighted by Gasteiger charge is 2.05. The summed E-state index contributed by atoms with van der Waals surface area (Å²) in [5.41, 5.74) is 0.559. The molecule has 2 rings (SSSR count). The lowest BCUT2D eigenvalue weighted by molar-refractivity contribution is -0.109. The van der Waals surface area contributed by atoms with Gasteiger partial charge in [-0.3, -0.25) is 4.79 Å². The highest BCUT2D eigenvalue weighted by molar-refractivity contribution is 5.51. The van der Waals surface area contributed by atoms with Gasteiger partial charge in [0.1, 0.15) is 18.0 Å². The van der Waals surface area contributed by atoms with Gasteiger partial charge >= 0.3 is 0 Å². The lowest BCUT2D eigenvalue weighted by atomic mass is 10.3. The summed E-state index contributed by atoms with van der Waals surface area (Å²) in [5, 5.41) is 13.6. The van der Waals surface area contributed by atoms with E-state index in [4.69, 9.17) is 4.74 Å². The number of para-hydroxylation sites is 2. The van der Waals surface area contributed by atoms with Gasteiger partial charge in [-0.2, -0.15) is 5.10 Å². The van der Waals surface area contributed by atoms with Crippen molar-refractivity contribution in [1.82, 2.24) is 9.78 Å². The van der Waals surface area contributed by atoms with Crippen LogP contribution < -0.4 is 4.74 Å². The number of aromatic hydroxyl groups is 1. The predicted molar refractivity (Wildman–Crippen MR) is 56.8 cm³/mol. The lowest BCUT2D eigenvalue weighted by Crippen LogP contribution is -1.97. The molecule has 1 aromatic carbocycles. The molecule has 0 unspecified atom stereocenters. The van der Waals surface area contributed by atoms with Gasteiger partial charge in [-0.1, -0.05) is 12.1 Å². The molecule has 0 aliphatic carbocycles. The minimum Gasteiger partial charge on any atom is -0.506 e. The third-order valence-corrected chi connectivity index (χ3v) is 2.01. The van der Waals surface area contributed by atoms with Crippen LogP contribution in [-0.2, 0) is 4.79 Å². The number of aromatic nitrogens is 2. The van der Waals surface area contributed by atoms with Gasteiger partial charge in [0, 0.05) is 0 Å². The smallest absolute Gasteiger partial charge is 0.158 e. The highest BCUT2D eigenvalue weighted by Crippen LogP contribution is 2.21. The highest BCUT2D eigenvalue weighted by atomic mass is 16.5. The molecule has 0 atom stereocenters. The van der Waals surface area contributed by atoms with Crippen molar-refractivity contribution < 1.29 is 14.6 Å². The van der Waals surface area contributed by atoms with E-state index in [0.717, 1.165) is 0 Å². The zero-order valence-electron chi connectivity index (χ0n) is 8.41. The largest absolute Gasteiger partial charge is 0.506 e. The second-order valence-corrected chi connectivity index (χ2v) is 3.09. The molecule has 0 aliphatic rings. The van der Waals surface area contributed by atoms with Crippen molar-refractivity contribution in [2.24, 2.45) is 0 Å². The number of hydrogen-bond donors (Lipinski definition) is 1. The molecule has 1 heterocycles. The fourth-order valence-electron chi connectivity index (χ4n) is 1.30. The van der Waals surface area contributed by atoms with E-state index in [2.05, 4.69) is 5.10 Å². The molecule has 16 heavy (non-hydrogen) atoms. The number of phenols is 1. The van der Waals surface area contributed by atoms with Crippen LogP contribution in [0.4, 0.5) is 0 Å². The fourth-order valence-corrected chi connectivity index (χ4v) is 1.30. The summed E-state index contributed by atoms with van der Waals surface area (Å²) in [6.45, 7) is -0.00748. The number of carbonyl (C=O) groups is 1. The standard InChI is InChI=1S/C11H10N2O3/c14-5-6-16-9-7-12-13(8-9)10-3-1-2-4-11(10)15/h1-5,7-8,15H,6H2. The molecule has 5 nitrogen and oxygen atoms in total. The molecule has 0 saturated carbocycles. The van der Waals surface area contributed by atoms with Crippen LogP contribution >= 0.6 is 0 Å². The Kier molecular flexibility index (Phi) is 2.86. The Hall–Kier alpha value is -2.30. The number of benzene rings is 1. The summed E-state index contributed by atoms with van der Waals surface area (Å²) in [6.07, 6.45) is 3.74. The molecular formula is C11H10N2O3. The third kappa shape index (κ3) is 2.03. The maximum absolute atomic E-state index is 10.1. The molecule has 82 valence electrons. The van der Waals surface area contributed by atoms with Gasteiger partial charge in [0.25, 0.3) is 0 Å². The zero-order chi connectivity index (χ0) is 11.4. The van der Waals surface area contributed by atoms with Crippen molar-refractivity contribution in [2.45, 2.75) is 0 Å². The summed E-state index contributed by atoms with van der Waals surface area (Å²) in [5.74, 6) is 0.614. The summed E-state index contributed by atoms with van der Waals surface area (Å²) in [7, 11) is 0. The third-order valence-electron chi connectivity index (χ3n) is 2.01. The van der Waals surface area contributed by atoms with Gasteiger partial charge in [-0.15, -0.1) is 0 Å². The van der Waals surface area contributed by atoms with Crippen molar-refractivity contribution in [1.29, 1.82) is 0 Å². The second-order valence-electron chi connectivity index (χ2n) is 3.09. The molecule has 0 saturated heterocycles. The molecule has 0 radical (unpaired) electrons. The van der Waals surface area contributed by atoms with E-state index in [0.29, 0.717) is 17.7 Å². The van der Waals surface area contributed by atoms with Crippen LogP contribution in [0.25, 0.3) is 5.69 Å². The predicted octanol–water partition coefficient (Wildman–Crippen LogP) is 1.16. The Morgan fingerprint density at radius 1 is 1.44 bits per heavy atom. The van der Waals surface area contributed by atoms with Gasteiger partial charge in [-0.05, 0) is 12.1 Å². The summed E-state index contributed by atoms with van der Waals surface area (Å²) >= 11 is 0. The molecule has 0 fully saturated rings. The van der Waals surface area contributed by atoms with Gasteiger partial charge in [0.15, 0.2) is 12.0 Å². The Labute approximate surface area is 91.9 Å². The summed E-state index contributed by atoms with van der Waals surface area (Å²) in [6, 6.07) is 6.82.